The number of thioether (sulfide) groups is 2. The zero-order chi connectivity index (χ0) is 19.4. The third-order valence-corrected chi connectivity index (χ3v) is 6.60. The Labute approximate surface area is 173 Å². The van der Waals surface area contributed by atoms with Crippen molar-refractivity contribution in [3.8, 4) is 0 Å². The number of aromatic carboxylic acids is 1. The van der Waals surface area contributed by atoms with E-state index in [-0.39, 0.29) is 5.69 Å². The smallest absolute Gasteiger partial charge is 0.357 e. The summed E-state index contributed by atoms with van der Waals surface area (Å²) in [6, 6.07) is 9.41. The summed E-state index contributed by atoms with van der Waals surface area (Å²) in [6.07, 6.45) is 1.85. The average Bonchev–Trinajstić information content (AvgIpc) is 3.04. The highest BCUT2D eigenvalue weighted by atomic mass is 35.5. The lowest BCUT2D eigenvalue weighted by molar-refractivity contribution is 0.0692. The molecule has 2 aromatic heterocycles. The maximum Gasteiger partial charge on any atom is 0.357 e. The van der Waals surface area contributed by atoms with Crippen molar-refractivity contribution in [1.29, 1.82) is 0 Å². The third-order valence-electron chi connectivity index (χ3n) is 3.37. The number of carboxylic acids is 1. The van der Waals surface area contributed by atoms with Crippen molar-refractivity contribution in [1.82, 2.24) is 15.0 Å². The summed E-state index contributed by atoms with van der Waals surface area (Å²) >= 11 is 10.3. The van der Waals surface area contributed by atoms with E-state index in [1.54, 1.807) is 6.07 Å². The number of benzene rings is 1. The van der Waals surface area contributed by atoms with E-state index in [4.69, 9.17) is 11.6 Å². The average molecular weight is 439 g/mol. The van der Waals surface area contributed by atoms with Crippen LogP contribution in [0.15, 0.2) is 39.8 Å². The summed E-state index contributed by atoms with van der Waals surface area (Å²) in [5, 5.41) is 14.2. The lowest BCUT2D eigenvalue weighted by atomic mass is 10.2. The van der Waals surface area contributed by atoms with Crippen LogP contribution < -0.4 is 5.32 Å². The molecule has 0 spiro atoms. The fraction of sp³-hybridized carbons (Fsp3) is 0.176. The maximum absolute atomic E-state index is 11.4. The number of rotatable bonds is 7. The number of halogens is 1. The fourth-order valence-corrected chi connectivity index (χ4v) is 4.81. The molecule has 27 heavy (non-hydrogen) atoms. The fourth-order valence-electron chi connectivity index (χ4n) is 2.16. The van der Waals surface area contributed by atoms with Crippen LogP contribution in [-0.4, -0.2) is 32.3 Å². The van der Waals surface area contributed by atoms with Crippen LogP contribution in [0, 0.1) is 6.92 Å². The number of aryl methyl sites for hydroxylation is 1. The van der Waals surface area contributed by atoms with Gasteiger partial charge in [-0.05, 0) is 24.8 Å². The van der Waals surface area contributed by atoms with Gasteiger partial charge in [-0.3, -0.25) is 0 Å². The number of nitrogens with zero attached hydrogens (tertiary/aromatic N) is 3. The van der Waals surface area contributed by atoms with E-state index in [2.05, 4.69) is 20.3 Å². The van der Waals surface area contributed by atoms with Gasteiger partial charge >= 0.3 is 5.97 Å². The normalized spacial score (nSPS) is 10.8. The number of hydrogen-bond acceptors (Lipinski definition) is 8. The van der Waals surface area contributed by atoms with Crippen LogP contribution in [-0.2, 0) is 5.75 Å². The molecule has 0 aliphatic heterocycles. The maximum atomic E-state index is 11.4. The molecule has 0 aliphatic carbocycles. The Morgan fingerprint density at radius 1 is 1.30 bits per heavy atom. The highest BCUT2D eigenvalue weighted by molar-refractivity contribution is 8.00. The summed E-state index contributed by atoms with van der Waals surface area (Å²) in [7, 11) is 0. The number of hydrogen-bond donors (Lipinski definition) is 2. The molecule has 0 bridgehead atoms. The van der Waals surface area contributed by atoms with Crippen molar-refractivity contribution in [2.45, 2.75) is 22.2 Å². The minimum absolute atomic E-state index is 0.00844. The van der Waals surface area contributed by atoms with Crippen molar-refractivity contribution in [2.24, 2.45) is 0 Å². The summed E-state index contributed by atoms with van der Waals surface area (Å²) in [4.78, 5) is 24.4. The summed E-state index contributed by atoms with van der Waals surface area (Å²) < 4.78 is 0.675. The molecule has 0 aliphatic rings. The molecule has 0 unspecified atom stereocenters. The molecule has 2 N–H and O–H groups in total. The quantitative estimate of drug-likeness (QED) is 0.377. The van der Waals surface area contributed by atoms with Crippen molar-refractivity contribution in [3.05, 3.63) is 52.3 Å². The second-order valence-electron chi connectivity index (χ2n) is 5.35. The second kappa shape index (κ2) is 8.92. The minimum Gasteiger partial charge on any atom is -0.476 e. The van der Waals surface area contributed by atoms with Crippen LogP contribution in [0.5, 0.6) is 0 Å². The topological polar surface area (TPSA) is 88.0 Å². The molecule has 10 heteroatoms. The Hall–Kier alpha value is -1.81. The lowest BCUT2D eigenvalue weighted by Crippen LogP contribution is -2.03. The molecule has 2 heterocycles. The summed E-state index contributed by atoms with van der Waals surface area (Å²) in [5.74, 6) is 0.0937. The number of carboxylic acid groups (broad SMARTS) is 1. The minimum atomic E-state index is -1.08. The molecule has 0 atom stereocenters. The van der Waals surface area contributed by atoms with Gasteiger partial charge in [-0.1, -0.05) is 64.7 Å². The number of aromatic nitrogens is 3. The molecular formula is C17H15ClN4O2S3. The van der Waals surface area contributed by atoms with Crippen molar-refractivity contribution in [3.63, 3.8) is 0 Å². The zero-order valence-electron chi connectivity index (χ0n) is 14.4. The monoisotopic (exact) mass is 438 g/mol. The highest BCUT2D eigenvalue weighted by Crippen LogP contribution is 2.33. The molecular weight excluding hydrogens is 424 g/mol. The SMILES string of the molecule is CSc1nc(C(=O)O)c(Nc2cc(C)nc(SCc3ccccc3Cl)n2)s1. The van der Waals surface area contributed by atoms with Gasteiger partial charge in [0, 0.05) is 22.5 Å². The van der Waals surface area contributed by atoms with Crippen LogP contribution in [0.1, 0.15) is 21.7 Å². The standard InChI is InChI=1S/C17H15ClN4O2S3/c1-9-7-12(20-14-13(15(23)24)22-17(25-2)27-14)21-16(19-9)26-8-10-5-3-4-6-11(10)18/h3-7H,8H2,1-2H3,(H,23,24)(H,19,20,21). The van der Waals surface area contributed by atoms with Gasteiger partial charge < -0.3 is 10.4 Å². The van der Waals surface area contributed by atoms with Crippen molar-refractivity contribution < 1.29 is 9.90 Å². The molecule has 1 aromatic carbocycles. The first-order valence-corrected chi connectivity index (χ1v) is 11.1. The molecule has 0 radical (unpaired) electrons. The van der Waals surface area contributed by atoms with Crippen LogP contribution in [0.3, 0.4) is 0 Å². The van der Waals surface area contributed by atoms with E-state index in [1.165, 1.54) is 34.9 Å². The van der Waals surface area contributed by atoms with E-state index >= 15 is 0 Å². The van der Waals surface area contributed by atoms with E-state index < -0.39 is 5.97 Å². The largest absolute Gasteiger partial charge is 0.476 e. The highest BCUT2D eigenvalue weighted by Gasteiger charge is 2.18. The predicted octanol–water partition coefficient (Wildman–Crippen LogP) is 5.35. The molecule has 0 saturated carbocycles. The Balaban J connectivity index is 1.81. The molecule has 3 aromatic rings. The number of thiazole rings is 1. The van der Waals surface area contributed by atoms with E-state index in [0.717, 1.165) is 11.3 Å². The van der Waals surface area contributed by atoms with E-state index in [9.17, 15) is 9.90 Å². The van der Waals surface area contributed by atoms with Gasteiger partial charge in [0.1, 0.15) is 10.8 Å². The van der Waals surface area contributed by atoms with Gasteiger partial charge in [0.25, 0.3) is 0 Å². The number of anilines is 2. The zero-order valence-corrected chi connectivity index (χ0v) is 17.6. The Morgan fingerprint density at radius 2 is 2.07 bits per heavy atom. The van der Waals surface area contributed by atoms with Gasteiger partial charge in [0.15, 0.2) is 15.2 Å². The molecule has 3 rings (SSSR count). The Kier molecular flexibility index (Phi) is 6.59. The van der Waals surface area contributed by atoms with Crippen LogP contribution in [0.25, 0.3) is 0 Å². The van der Waals surface area contributed by atoms with Gasteiger partial charge in [0.05, 0.1) is 0 Å². The van der Waals surface area contributed by atoms with Crippen LogP contribution in [0.4, 0.5) is 10.8 Å². The van der Waals surface area contributed by atoms with Gasteiger partial charge in [-0.25, -0.2) is 19.7 Å². The molecule has 0 fully saturated rings. The van der Waals surface area contributed by atoms with Crippen molar-refractivity contribution >= 4 is 63.2 Å². The first-order chi connectivity index (χ1) is 13.0. The molecule has 0 saturated heterocycles. The van der Waals surface area contributed by atoms with Crippen LogP contribution in [0.2, 0.25) is 5.02 Å². The van der Waals surface area contributed by atoms with Gasteiger partial charge in [-0.2, -0.15) is 0 Å². The second-order valence-corrected chi connectivity index (χ2v) is 8.75. The van der Waals surface area contributed by atoms with E-state index in [0.29, 0.717) is 31.1 Å². The predicted molar refractivity (Wildman–Crippen MR) is 112 cm³/mol. The lowest BCUT2D eigenvalue weighted by Gasteiger charge is -2.08. The first kappa shape index (κ1) is 19.9. The number of carbonyl (C=O) groups is 1. The Morgan fingerprint density at radius 3 is 2.78 bits per heavy atom. The Bertz CT molecular complexity index is 981. The molecule has 6 nitrogen and oxygen atoms in total. The van der Waals surface area contributed by atoms with Crippen molar-refractivity contribution in [2.75, 3.05) is 11.6 Å². The molecule has 140 valence electrons. The summed E-state index contributed by atoms with van der Waals surface area (Å²) in [5.41, 5.74) is 1.77. The molecule has 0 amide bonds. The van der Waals surface area contributed by atoms with Gasteiger partial charge in [0.2, 0.25) is 0 Å². The van der Waals surface area contributed by atoms with Crippen LogP contribution >= 0.6 is 46.5 Å². The summed E-state index contributed by atoms with van der Waals surface area (Å²) in [6.45, 7) is 1.87. The van der Waals surface area contributed by atoms with Gasteiger partial charge in [-0.15, -0.1) is 0 Å². The first-order valence-electron chi connectivity index (χ1n) is 7.73. The third kappa shape index (κ3) is 5.13. The van der Waals surface area contributed by atoms with E-state index in [1.807, 2.05) is 37.4 Å². The number of nitrogens with one attached hydrogen (secondary N) is 1.